The molecule has 2 heteroatoms. The predicted octanol–water partition coefficient (Wildman–Crippen LogP) is 2.62. The van der Waals surface area contributed by atoms with Crippen molar-refractivity contribution in [1.29, 1.82) is 0 Å². The molecular weight excluding hydrogens is 172 g/mol. The summed E-state index contributed by atoms with van der Waals surface area (Å²) in [5, 5.41) is 0.299. The van der Waals surface area contributed by atoms with Gasteiger partial charge in [-0.3, -0.25) is 0 Å². The summed E-state index contributed by atoms with van der Waals surface area (Å²) in [7, 11) is 0. The fourth-order valence-electron chi connectivity index (χ4n) is 2.95. The number of ketones is 1. The SMILES string of the molecule is CC(=O)C[C@@H]1[C@H]2CC[C@H](C2)[C@@H]1Cl. The molecule has 0 heterocycles. The number of hydrogen-bond acceptors (Lipinski definition) is 1. The van der Waals surface area contributed by atoms with E-state index in [1.165, 1.54) is 19.3 Å². The van der Waals surface area contributed by atoms with Crippen molar-refractivity contribution in [3.63, 3.8) is 0 Å². The first-order chi connectivity index (χ1) is 5.68. The Kier molecular flexibility index (Phi) is 2.16. The largest absolute Gasteiger partial charge is 0.300 e. The van der Waals surface area contributed by atoms with Crippen LogP contribution in [0.3, 0.4) is 0 Å². The summed E-state index contributed by atoms with van der Waals surface area (Å²) in [4.78, 5) is 11.0. The molecule has 0 aromatic heterocycles. The second kappa shape index (κ2) is 3.02. The van der Waals surface area contributed by atoms with Crippen LogP contribution in [-0.4, -0.2) is 11.2 Å². The number of fused-ring (bicyclic) bond motifs is 2. The molecule has 2 saturated carbocycles. The summed E-state index contributed by atoms with van der Waals surface area (Å²) in [6.45, 7) is 1.68. The fraction of sp³-hybridized carbons (Fsp3) is 0.900. The number of Topliss-reactive ketones (excluding diaryl/α,β-unsaturated/α-hetero) is 1. The van der Waals surface area contributed by atoms with E-state index in [0.29, 0.717) is 17.1 Å². The van der Waals surface area contributed by atoms with Crippen molar-refractivity contribution in [1.82, 2.24) is 0 Å². The van der Waals surface area contributed by atoms with Gasteiger partial charge in [0.15, 0.2) is 0 Å². The second-order valence-electron chi connectivity index (χ2n) is 4.35. The van der Waals surface area contributed by atoms with E-state index in [1.807, 2.05) is 0 Å². The van der Waals surface area contributed by atoms with Crippen LogP contribution in [0.2, 0.25) is 0 Å². The number of carbonyl (C=O) groups is 1. The third kappa shape index (κ3) is 1.28. The maximum absolute atomic E-state index is 11.0. The van der Waals surface area contributed by atoms with Gasteiger partial charge in [-0.2, -0.15) is 0 Å². The molecule has 2 bridgehead atoms. The lowest BCUT2D eigenvalue weighted by atomic mass is 9.85. The van der Waals surface area contributed by atoms with Gasteiger partial charge in [-0.25, -0.2) is 0 Å². The molecule has 0 unspecified atom stereocenters. The van der Waals surface area contributed by atoms with Crippen LogP contribution in [-0.2, 0) is 4.79 Å². The van der Waals surface area contributed by atoms with E-state index in [9.17, 15) is 4.79 Å². The molecule has 12 heavy (non-hydrogen) atoms. The van der Waals surface area contributed by atoms with Crippen LogP contribution < -0.4 is 0 Å². The van der Waals surface area contributed by atoms with Gasteiger partial charge in [-0.1, -0.05) is 0 Å². The maximum atomic E-state index is 11.0. The number of hydrogen-bond donors (Lipinski definition) is 0. The minimum atomic E-state index is 0.299. The van der Waals surface area contributed by atoms with Crippen molar-refractivity contribution < 1.29 is 4.79 Å². The molecule has 2 aliphatic carbocycles. The Bertz CT molecular complexity index is 200. The molecule has 0 aliphatic heterocycles. The van der Waals surface area contributed by atoms with Crippen LogP contribution in [0.25, 0.3) is 0 Å². The van der Waals surface area contributed by atoms with E-state index in [4.69, 9.17) is 11.6 Å². The van der Waals surface area contributed by atoms with E-state index in [2.05, 4.69) is 0 Å². The van der Waals surface area contributed by atoms with Crippen molar-refractivity contribution in [3.05, 3.63) is 0 Å². The van der Waals surface area contributed by atoms with E-state index < -0.39 is 0 Å². The fourth-order valence-corrected chi connectivity index (χ4v) is 3.48. The minimum absolute atomic E-state index is 0.299. The molecule has 0 radical (unpaired) electrons. The number of alkyl halides is 1. The standard InChI is InChI=1S/C10H15ClO/c1-6(12)4-9-7-2-3-8(5-7)10(9)11/h7-10H,2-5H2,1H3/t7-,8+,9+,10-/m0/s1. The quantitative estimate of drug-likeness (QED) is 0.606. The lowest BCUT2D eigenvalue weighted by Gasteiger charge is -2.25. The minimum Gasteiger partial charge on any atom is -0.300 e. The molecule has 2 rings (SSSR count). The van der Waals surface area contributed by atoms with Gasteiger partial charge in [0.25, 0.3) is 0 Å². The first kappa shape index (κ1) is 8.55. The van der Waals surface area contributed by atoms with Gasteiger partial charge in [-0.05, 0) is 43.9 Å². The Balaban J connectivity index is 2.02. The average Bonchev–Trinajstić information content (AvgIpc) is 2.53. The van der Waals surface area contributed by atoms with Crippen LogP contribution >= 0.6 is 11.6 Å². The van der Waals surface area contributed by atoms with Crippen LogP contribution in [0.5, 0.6) is 0 Å². The number of rotatable bonds is 2. The monoisotopic (exact) mass is 186 g/mol. The molecular formula is C10H15ClO. The van der Waals surface area contributed by atoms with Crippen LogP contribution in [0.15, 0.2) is 0 Å². The van der Waals surface area contributed by atoms with E-state index >= 15 is 0 Å². The van der Waals surface area contributed by atoms with Gasteiger partial charge in [-0.15, -0.1) is 11.6 Å². The summed E-state index contributed by atoms with van der Waals surface area (Å²) < 4.78 is 0. The van der Waals surface area contributed by atoms with Crippen LogP contribution in [0, 0.1) is 17.8 Å². The van der Waals surface area contributed by atoms with E-state index in [-0.39, 0.29) is 0 Å². The third-order valence-corrected chi connectivity index (χ3v) is 4.18. The van der Waals surface area contributed by atoms with Crippen molar-refractivity contribution in [2.75, 3.05) is 0 Å². The van der Waals surface area contributed by atoms with E-state index in [1.54, 1.807) is 6.92 Å². The first-order valence-corrected chi connectivity index (χ1v) is 5.25. The Morgan fingerprint density at radius 3 is 2.58 bits per heavy atom. The smallest absolute Gasteiger partial charge is 0.130 e. The highest BCUT2D eigenvalue weighted by molar-refractivity contribution is 6.21. The Hall–Kier alpha value is -0.0400. The number of halogens is 1. The lowest BCUT2D eigenvalue weighted by Crippen LogP contribution is -2.24. The molecule has 0 spiro atoms. The highest BCUT2D eigenvalue weighted by atomic mass is 35.5. The third-order valence-electron chi connectivity index (χ3n) is 3.50. The number of carbonyl (C=O) groups excluding carboxylic acids is 1. The second-order valence-corrected chi connectivity index (χ2v) is 4.85. The van der Waals surface area contributed by atoms with Gasteiger partial charge in [0.2, 0.25) is 0 Å². The summed E-state index contributed by atoms with van der Waals surface area (Å²) >= 11 is 6.27. The molecule has 68 valence electrons. The summed E-state index contributed by atoms with van der Waals surface area (Å²) in [6.07, 6.45) is 4.61. The summed E-state index contributed by atoms with van der Waals surface area (Å²) in [6, 6.07) is 0. The molecule has 0 aromatic rings. The molecule has 0 amide bonds. The first-order valence-electron chi connectivity index (χ1n) is 4.82. The molecule has 4 atom stereocenters. The van der Waals surface area contributed by atoms with Gasteiger partial charge in [0.1, 0.15) is 5.78 Å². The van der Waals surface area contributed by atoms with Crippen molar-refractivity contribution in [2.45, 2.75) is 38.0 Å². The normalized spacial score (nSPS) is 45.2. The topological polar surface area (TPSA) is 17.1 Å². The molecule has 0 saturated heterocycles. The van der Waals surface area contributed by atoms with Gasteiger partial charge < -0.3 is 4.79 Å². The lowest BCUT2D eigenvalue weighted by molar-refractivity contribution is -0.118. The van der Waals surface area contributed by atoms with Crippen molar-refractivity contribution in [3.8, 4) is 0 Å². The zero-order valence-corrected chi connectivity index (χ0v) is 8.18. The Morgan fingerprint density at radius 1 is 1.42 bits per heavy atom. The van der Waals surface area contributed by atoms with Gasteiger partial charge in [0.05, 0.1) is 0 Å². The van der Waals surface area contributed by atoms with Crippen molar-refractivity contribution >= 4 is 17.4 Å². The highest BCUT2D eigenvalue weighted by Gasteiger charge is 2.46. The Morgan fingerprint density at radius 2 is 2.08 bits per heavy atom. The van der Waals surface area contributed by atoms with Gasteiger partial charge >= 0.3 is 0 Å². The molecule has 2 aliphatic rings. The maximum Gasteiger partial charge on any atom is 0.130 e. The summed E-state index contributed by atoms with van der Waals surface area (Å²) in [5.74, 6) is 2.29. The van der Waals surface area contributed by atoms with Crippen molar-refractivity contribution in [2.24, 2.45) is 17.8 Å². The molecule has 2 fully saturated rings. The van der Waals surface area contributed by atoms with Gasteiger partial charge in [0, 0.05) is 11.8 Å². The Labute approximate surface area is 78.5 Å². The van der Waals surface area contributed by atoms with Crippen LogP contribution in [0.4, 0.5) is 0 Å². The molecule has 1 nitrogen and oxygen atoms in total. The zero-order valence-electron chi connectivity index (χ0n) is 7.42. The average molecular weight is 187 g/mol. The predicted molar refractivity (Wildman–Crippen MR) is 49.3 cm³/mol. The highest BCUT2D eigenvalue weighted by Crippen LogP contribution is 2.52. The van der Waals surface area contributed by atoms with E-state index in [0.717, 1.165) is 18.3 Å². The molecule has 0 N–H and O–H groups in total. The molecule has 0 aromatic carbocycles. The van der Waals surface area contributed by atoms with Crippen LogP contribution in [0.1, 0.15) is 32.6 Å². The summed E-state index contributed by atoms with van der Waals surface area (Å²) in [5.41, 5.74) is 0. The zero-order chi connectivity index (χ0) is 8.72.